The Morgan fingerprint density at radius 2 is 1.68 bits per heavy atom. The number of methoxy groups -OCH3 is 1. The van der Waals surface area contributed by atoms with Crippen LogP contribution >= 0.6 is 0 Å². The largest absolute Gasteiger partial charge is 0.497 e. The molecule has 0 spiro atoms. The van der Waals surface area contributed by atoms with Gasteiger partial charge in [0.2, 0.25) is 11.8 Å². The van der Waals surface area contributed by atoms with Gasteiger partial charge in [0, 0.05) is 17.8 Å². The number of nitrogens with one attached hydrogen (secondary N) is 3. The fourth-order valence-corrected chi connectivity index (χ4v) is 3.09. The molecule has 7 heteroatoms. The van der Waals surface area contributed by atoms with Crippen molar-refractivity contribution in [3.8, 4) is 5.75 Å². The summed E-state index contributed by atoms with van der Waals surface area (Å²) < 4.78 is 5.21. The number of ether oxygens (including phenoxy) is 1. The number of carbonyl (C=O) groups excluding carboxylic acids is 2. The molecule has 1 unspecified atom stereocenters. The van der Waals surface area contributed by atoms with Gasteiger partial charge in [-0.25, -0.2) is 0 Å². The summed E-state index contributed by atoms with van der Waals surface area (Å²) in [5.74, 6) is -1.26. The highest BCUT2D eigenvalue weighted by atomic mass is 16.5. The van der Waals surface area contributed by atoms with E-state index in [1.807, 2.05) is 30.3 Å². The van der Waals surface area contributed by atoms with Gasteiger partial charge in [-0.15, -0.1) is 0 Å². The molecule has 0 aliphatic rings. The predicted octanol–water partition coefficient (Wildman–Crippen LogP) is 3.02. The molecule has 5 N–H and O–H groups in total. The molecule has 3 rings (SSSR count). The van der Waals surface area contributed by atoms with Crippen molar-refractivity contribution in [2.45, 2.75) is 12.5 Å². The van der Waals surface area contributed by atoms with Crippen LogP contribution in [0.3, 0.4) is 0 Å². The Morgan fingerprint density at radius 3 is 2.32 bits per heavy atom. The number of amides is 2. The molecule has 1 atom stereocenters. The molecule has 158 valence electrons. The molecule has 0 heterocycles. The first-order chi connectivity index (χ1) is 15.0. The van der Waals surface area contributed by atoms with E-state index < -0.39 is 17.7 Å². The zero-order chi connectivity index (χ0) is 22.2. The van der Waals surface area contributed by atoms with Crippen molar-refractivity contribution in [1.29, 1.82) is 5.41 Å². The lowest BCUT2D eigenvalue weighted by Crippen LogP contribution is -2.36. The van der Waals surface area contributed by atoms with Gasteiger partial charge in [-0.1, -0.05) is 42.5 Å². The molecule has 0 bridgehead atoms. The van der Waals surface area contributed by atoms with Crippen molar-refractivity contribution >= 4 is 23.3 Å². The minimum absolute atomic E-state index is 0.0584. The van der Waals surface area contributed by atoms with Crippen LogP contribution in [0.25, 0.3) is 0 Å². The second-order valence-corrected chi connectivity index (χ2v) is 6.89. The number of rotatable bonds is 8. The quantitative estimate of drug-likeness (QED) is 0.256. The first kappa shape index (κ1) is 21.6. The van der Waals surface area contributed by atoms with Crippen LogP contribution < -0.4 is 21.1 Å². The van der Waals surface area contributed by atoms with Gasteiger partial charge in [-0.05, 0) is 47.5 Å². The molecular weight excluding hydrogens is 392 g/mol. The van der Waals surface area contributed by atoms with E-state index >= 15 is 0 Å². The van der Waals surface area contributed by atoms with Gasteiger partial charge < -0.3 is 21.1 Å². The normalized spacial score (nSPS) is 11.3. The van der Waals surface area contributed by atoms with Gasteiger partial charge >= 0.3 is 0 Å². The van der Waals surface area contributed by atoms with Crippen LogP contribution in [0.5, 0.6) is 5.75 Å². The summed E-state index contributed by atoms with van der Waals surface area (Å²) in [6.07, 6.45) is 0. The zero-order valence-electron chi connectivity index (χ0n) is 17.1. The minimum Gasteiger partial charge on any atom is -0.497 e. The molecule has 0 aliphatic carbocycles. The summed E-state index contributed by atoms with van der Waals surface area (Å²) in [6, 6.07) is 22.8. The number of nitrogen functional groups attached to an aromatic ring is 1. The van der Waals surface area contributed by atoms with E-state index in [2.05, 4.69) is 10.6 Å². The third kappa shape index (κ3) is 5.70. The van der Waals surface area contributed by atoms with Gasteiger partial charge in [0.25, 0.3) is 0 Å². The number of hydrogen-bond donors (Lipinski definition) is 4. The van der Waals surface area contributed by atoms with Crippen LogP contribution in [-0.2, 0) is 16.1 Å². The molecule has 0 aliphatic heterocycles. The Kier molecular flexibility index (Phi) is 7.01. The molecule has 0 saturated heterocycles. The lowest BCUT2D eigenvalue weighted by Gasteiger charge is -2.17. The highest BCUT2D eigenvalue weighted by Gasteiger charge is 2.28. The van der Waals surface area contributed by atoms with Crippen LogP contribution in [0, 0.1) is 5.41 Å². The SMILES string of the molecule is COc1cccc(CNC(=O)C(C(=O)Nc2ccc(C(=N)N)cc2)c2ccccc2)c1. The second kappa shape index (κ2) is 10.1. The van der Waals surface area contributed by atoms with E-state index in [9.17, 15) is 9.59 Å². The molecular formula is C24H24N4O3. The Labute approximate surface area is 180 Å². The zero-order valence-corrected chi connectivity index (χ0v) is 17.1. The summed E-state index contributed by atoms with van der Waals surface area (Å²) in [5.41, 5.74) is 7.97. The maximum Gasteiger partial charge on any atom is 0.241 e. The number of amidine groups is 1. The summed E-state index contributed by atoms with van der Waals surface area (Å²) in [6.45, 7) is 0.264. The maximum atomic E-state index is 13.0. The van der Waals surface area contributed by atoms with Crippen LogP contribution in [0.1, 0.15) is 22.6 Å². The van der Waals surface area contributed by atoms with Crippen molar-refractivity contribution in [1.82, 2.24) is 5.32 Å². The Hall–Kier alpha value is -4.13. The number of carbonyl (C=O) groups is 2. The van der Waals surface area contributed by atoms with Crippen LogP contribution in [0.15, 0.2) is 78.9 Å². The van der Waals surface area contributed by atoms with Crippen molar-refractivity contribution in [3.63, 3.8) is 0 Å². The Balaban J connectivity index is 1.76. The van der Waals surface area contributed by atoms with Gasteiger partial charge in [0.15, 0.2) is 0 Å². The van der Waals surface area contributed by atoms with E-state index in [4.69, 9.17) is 15.9 Å². The molecule has 2 amide bonds. The minimum atomic E-state index is -1.03. The van der Waals surface area contributed by atoms with Crippen molar-refractivity contribution in [2.75, 3.05) is 12.4 Å². The summed E-state index contributed by atoms with van der Waals surface area (Å²) in [7, 11) is 1.58. The van der Waals surface area contributed by atoms with E-state index in [-0.39, 0.29) is 12.4 Å². The standard InChI is InChI=1S/C24H24N4O3/c1-31-20-9-5-6-16(14-20)15-27-23(29)21(17-7-3-2-4-8-17)24(30)28-19-12-10-18(11-13-19)22(25)26/h2-14,21H,15H2,1H3,(H3,25,26)(H,27,29)(H,28,30). The molecule has 0 fully saturated rings. The number of anilines is 1. The van der Waals surface area contributed by atoms with Crippen molar-refractivity contribution in [2.24, 2.45) is 5.73 Å². The summed E-state index contributed by atoms with van der Waals surface area (Å²) in [4.78, 5) is 26.0. The fraction of sp³-hybridized carbons (Fsp3) is 0.125. The van der Waals surface area contributed by atoms with Gasteiger partial charge in [-0.3, -0.25) is 15.0 Å². The Morgan fingerprint density at radius 1 is 0.968 bits per heavy atom. The lowest BCUT2D eigenvalue weighted by atomic mass is 9.97. The molecule has 0 radical (unpaired) electrons. The topological polar surface area (TPSA) is 117 Å². The third-order valence-electron chi connectivity index (χ3n) is 4.72. The summed E-state index contributed by atoms with van der Waals surface area (Å²) >= 11 is 0. The number of hydrogen-bond acceptors (Lipinski definition) is 4. The fourth-order valence-electron chi connectivity index (χ4n) is 3.09. The van der Waals surface area contributed by atoms with Gasteiger partial charge in [-0.2, -0.15) is 0 Å². The van der Waals surface area contributed by atoms with E-state index in [0.717, 1.165) is 5.56 Å². The van der Waals surface area contributed by atoms with Crippen LogP contribution in [0.2, 0.25) is 0 Å². The van der Waals surface area contributed by atoms with Crippen LogP contribution in [0.4, 0.5) is 5.69 Å². The van der Waals surface area contributed by atoms with Gasteiger partial charge in [0.1, 0.15) is 17.5 Å². The Bertz CT molecular complexity index is 1070. The van der Waals surface area contributed by atoms with Crippen LogP contribution in [-0.4, -0.2) is 24.8 Å². The molecule has 3 aromatic carbocycles. The molecule has 3 aromatic rings. The average molecular weight is 416 g/mol. The third-order valence-corrected chi connectivity index (χ3v) is 4.72. The number of nitrogens with two attached hydrogens (primary N) is 1. The molecule has 0 saturated carbocycles. The predicted molar refractivity (Wildman–Crippen MR) is 120 cm³/mol. The highest BCUT2D eigenvalue weighted by Crippen LogP contribution is 2.20. The molecule has 7 nitrogen and oxygen atoms in total. The maximum absolute atomic E-state index is 13.0. The van der Waals surface area contributed by atoms with Crippen molar-refractivity contribution < 1.29 is 14.3 Å². The number of benzene rings is 3. The molecule has 0 aromatic heterocycles. The van der Waals surface area contributed by atoms with E-state index in [0.29, 0.717) is 22.6 Å². The van der Waals surface area contributed by atoms with E-state index in [1.165, 1.54) is 0 Å². The monoisotopic (exact) mass is 416 g/mol. The lowest BCUT2D eigenvalue weighted by molar-refractivity contribution is -0.129. The highest BCUT2D eigenvalue weighted by molar-refractivity contribution is 6.11. The second-order valence-electron chi connectivity index (χ2n) is 6.89. The average Bonchev–Trinajstić information content (AvgIpc) is 2.79. The van der Waals surface area contributed by atoms with Gasteiger partial charge in [0.05, 0.1) is 7.11 Å². The smallest absolute Gasteiger partial charge is 0.241 e. The van der Waals surface area contributed by atoms with E-state index in [1.54, 1.807) is 55.6 Å². The molecule has 31 heavy (non-hydrogen) atoms. The van der Waals surface area contributed by atoms with Crippen molar-refractivity contribution in [3.05, 3.63) is 95.6 Å². The first-order valence-electron chi connectivity index (χ1n) is 9.69. The summed E-state index contributed by atoms with van der Waals surface area (Å²) in [5, 5.41) is 13.1. The first-order valence-corrected chi connectivity index (χ1v) is 9.69.